The number of halogens is 1. The van der Waals surface area contributed by atoms with Gasteiger partial charge in [0.15, 0.2) is 0 Å². The third-order valence-corrected chi connectivity index (χ3v) is 6.08. The van der Waals surface area contributed by atoms with Crippen LogP contribution in [0, 0.1) is 16.7 Å². The quantitative estimate of drug-likeness (QED) is 0.718. The minimum atomic E-state index is -0.130. The van der Waals surface area contributed by atoms with E-state index in [1.165, 1.54) is 0 Å². The number of nitrogens with zero attached hydrogens (tertiary/aromatic N) is 6. The summed E-state index contributed by atoms with van der Waals surface area (Å²) >= 11 is 6.12. The highest BCUT2D eigenvalue weighted by Gasteiger charge is 2.55. The second-order valence-corrected chi connectivity index (χ2v) is 8.39. The largest absolute Gasteiger partial charge is 0.489 e. The molecule has 2 aromatic rings. The van der Waals surface area contributed by atoms with Crippen LogP contribution >= 0.6 is 11.6 Å². The van der Waals surface area contributed by atoms with Crippen molar-refractivity contribution in [2.45, 2.75) is 13.0 Å². The summed E-state index contributed by atoms with van der Waals surface area (Å²) in [5.41, 5.74) is 1.05. The average molecular weight is 411 g/mol. The number of amides is 2. The van der Waals surface area contributed by atoms with Gasteiger partial charge in [0, 0.05) is 50.1 Å². The number of rotatable bonds is 1. The topological polar surface area (TPSA) is 85.6 Å². The minimum absolute atomic E-state index is 0.0618. The van der Waals surface area contributed by atoms with Crippen LogP contribution in [0.5, 0.6) is 5.75 Å². The van der Waals surface area contributed by atoms with Crippen molar-refractivity contribution >= 4 is 29.3 Å². The van der Waals surface area contributed by atoms with Crippen LogP contribution in [0.15, 0.2) is 30.6 Å². The van der Waals surface area contributed by atoms with E-state index < -0.39 is 0 Å². The van der Waals surface area contributed by atoms with Crippen molar-refractivity contribution < 1.29 is 9.53 Å². The standard InChI is InChI=1S/C20H19ClN6O2/c1-13-8-29-17-6-15(21)14(7-22)5-16(17)27(13)19(28)26-11-20(12-26)9-25(10-20)18-23-3-2-4-24-18/h2-6,13H,8-12H2,1H3. The Balaban J connectivity index is 1.30. The molecule has 148 valence electrons. The Morgan fingerprint density at radius 3 is 2.69 bits per heavy atom. The van der Waals surface area contributed by atoms with Crippen LogP contribution in [-0.4, -0.2) is 59.7 Å². The van der Waals surface area contributed by atoms with Crippen LogP contribution in [0.1, 0.15) is 12.5 Å². The zero-order valence-electron chi connectivity index (χ0n) is 15.9. The van der Waals surface area contributed by atoms with E-state index in [0.717, 1.165) is 19.0 Å². The third-order valence-electron chi connectivity index (χ3n) is 5.77. The van der Waals surface area contributed by atoms with Crippen molar-refractivity contribution in [3.05, 3.63) is 41.2 Å². The fourth-order valence-electron chi connectivity index (χ4n) is 4.36. The molecule has 0 saturated carbocycles. The second kappa shape index (κ2) is 6.49. The first-order valence-corrected chi connectivity index (χ1v) is 9.84. The monoisotopic (exact) mass is 410 g/mol. The molecule has 4 heterocycles. The number of benzene rings is 1. The van der Waals surface area contributed by atoms with Crippen molar-refractivity contribution in [3.8, 4) is 11.8 Å². The molecule has 2 amide bonds. The molecule has 1 aromatic carbocycles. The Hall–Kier alpha value is -3.05. The Morgan fingerprint density at radius 1 is 1.28 bits per heavy atom. The van der Waals surface area contributed by atoms with Crippen molar-refractivity contribution in [1.82, 2.24) is 14.9 Å². The lowest BCUT2D eigenvalue weighted by molar-refractivity contribution is 0.00815. The number of carbonyl (C=O) groups excluding carboxylic acids is 1. The fraction of sp³-hybridized carbons (Fsp3) is 0.400. The molecule has 0 aliphatic carbocycles. The fourth-order valence-corrected chi connectivity index (χ4v) is 4.55. The van der Waals surface area contributed by atoms with Gasteiger partial charge in [-0.1, -0.05) is 11.6 Å². The first-order valence-electron chi connectivity index (χ1n) is 9.46. The number of nitriles is 1. The lowest BCUT2D eigenvalue weighted by Crippen LogP contribution is -2.74. The van der Waals surface area contributed by atoms with Crippen LogP contribution in [0.2, 0.25) is 5.02 Å². The average Bonchev–Trinajstić information content (AvgIpc) is 2.66. The minimum Gasteiger partial charge on any atom is -0.489 e. The first kappa shape index (κ1) is 18.0. The van der Waals surface area contributed by atoms with Gasteiger partial charge in [0.1, 0.15) is 18.4 Å². The lowest BCUT2D eigenvalue weighted by atomic mass is 9.73. The molecule has 0 N–H and O–H groups in total. The molecule has 9 heteroatoms. The van der Waals surface area contributed by atoms with Gasteiger partial charge in [0.2, 0.25) is 5.95 Å². The van der Waals surface area contributed by atoms with Gasteiger partial charge in [-0.25, -0.2) is 14.8 Å². The maximum atomic E-state index is 13.3. The lowest BCUT2D eigenvalue weighted by Gasteiger charge is -2.60. The van der Waals surface area contributed by atoms with Gasteiger partial charge >= 0.3 is 6.03 Å². The second-order valence-electron chi connectivity index (χ2n) is 7.99. The van der Waals surface area contributed by atoms with Gasteiger partial charge in [-0.2, -0.15) is 5.26 Å². The van der Waals surface area contributed by atoms with Gasteiger partial charge in [-0.3, -0.25) is 4.90 Å². The molecule has 5 rings (SSSR count). The van der Waals surface area contributed by atoms with Crippen LogP contribution in [-0.2, 0) is 0 Å². The maximum Gasteiger partial charge on any atom is 0.325 e. The molecule has 1 spiro atoms. The summed E-state index contributed by atoms with van der Waals surface area (Å²) in [4.78, 5) is 27.5. The summed E-state index contributed by atoms with van der Waals surface area (Å²) in [5.74, 6) is 1.27. The van der Waals surface area contributed by atoms with Gasteiger partial charge in [0.25, 0.3) is 0 Å². The van der Waals surface area contributed by atoms with Crippen molar-refractivity contribution in [1.29, 1.82) is 5.26 Å². The number of fused-ring (bicyclic) bond motifs is 1. The maximum absolute atomic E-state index is 13.3. The van der Waals surface area contributed by atoms with Crippen molar-refractivity contribution in [2.75, 3.05) is 42.6 Å². The number of urea groups is 1. The molecule has 1 unspecified atom stereocenters. The highest BCUT2D eigenvalue weighted by Crippen LogP contribution is 2.43. The SMILES string of the molecule is CC1COc2cc(Cl)c(C#N)cc2N1C(=O)N1CC2(C1)CN(c1ncccn1)C2. The van der Waals surface area contributed by atoms with E-state index in [9.17, 15) is 10.1 Å². The molecule has 0 bridgehead atoms. The Labute approximate surface area is 173 Å². The molecule has 2 saturated heterocycles. The molecule has 1 atom stereocenters. The van der Waals surface area contributed by atoms with Crippen LogP contribution in [0.4, 0.5) is 16.4 Å². The molecule has 3 aliphatic rings. The summed E-state index contributed by atoms with van der Waals surface area (Å²) in [6, 6.07) is 6.93. The first-order chi connectivity index (χ1) is 14.0. The molecular formula is C20H19ClN6O2. The molecule has 29 heavy (non-hydrogen) atoms. The van der Waals surface area contributed by atoms with Crippen molar-refractivity contribution in [3.63, 3.8) is 0 Å². The third kappa shape index (κ3) is 2.85. The summed E-state index contributed by atoms with van der Waals surface area (Å²) in [6.07, 6.45) is 3.48. The number of hydrogen-bond donors (Lipinski definition) is 0. The van der Waals surface area contributed by atoms with E-state index in [2.05, 4.69) is 20.9 Å². The molecule has 1 aromatic heterocycles. The number of aromatic nitrogens is 2. The van der Waals surface area contributed by atoms with E-state index in [-0.39, 0.29) is 17.5 Å². The highest BCUT2D eigenvalue weighted by atomic mass is 35.5. The Kier molecular flexibility index (Phi) is 4.03. The highest BCUT2D eigenvalue weighted by molar-refractivity contribution is 6.32. The smallest absolute Gasteiger partial charge is 0.325 e. The zero-order valence-corrected chi connectivity index (χ0v) is 16.6. The summed E-state index contributed by atoms with van der Waals surface area (Å²) in [7, 11) is 0. The van der Waals surface area contributed by atoms with E-state index in [4.69, 9.17) is 16.3 Å². The normalized spacial score (nSPS) is 21.6. The molecule has 3 aliphatic heterocycles. The van der Waals surface area contributed by atoms with E-state index in [1.807, 2.05) is 11.8 Å². The summed E-state index contributed by atoms with van der Waals surface area (Å²) < 4.78 is 5.74. The number of hydrogen-bond acceptors (Lipinski definition) is 6. The molecule has 8 nitrogen and oxygen atoms in total. The number of ether oxygens (including phenoxy) is 1. The van der Waals surface area contributed by atoms with Gasteiger partial charge in [-0.05, 0) is 19.1 Å². The van der Waals surface area contributed by atoms with Crippen LogP contribution in [0.3, 0.4) is 0 Å². The van der Waals surface area contributed by atoms with Gasteiger partial charge in [-0.15, -0.1) is 0 Å². The predicted octanol–water partition coefficient (Wildman–Crippen LogP) is 2.53. The van der Waals surface area contributed by atoms with E-state index >= 15 is 0 Å². The van der Waals surface area contributed by atoms with E-state index in [0.29, 0.717) is 41.7 Å². The predicted molar refractivity (Wildman–Crippen MR) is 107 cm³/mol. The number of carbonyl (C=O) groups is 1. The Morgan fingerprint density at radius 2 is 2.00 bits per heavy atom. The number of likely N-dealkylation sites (tertiary alicyclic amines) is 1. The molecule has 0 radical (unpaired) electrons. The van der Waals surface area contributed by atoms with Crippen LogP contribution < -0.4 is 14.5 Å². The number of anilines is 2. The van der Waals surface area contributed by atoms with Gasteiger partial charge in [0.05, 0.1) is 22.3 Å². The van der Waals surface area contributed by atoms with Crippen LogP contribution in [0.25, 0.3) is 0 Å². The summed E-state index contributed by atoms with van der Waals surface area (Å²) in [5, 5.41) is 9.63. The molecular weight excluding hydrogens is 392 g/mol. The Bertz CT molecular complexity index is 1010. The van der Waals surface area contributed by atoms with Crippen molar-refractivity contribution in [2.24, 2.45) is 5.41 Å². The van der Waals surface area contributed by atoms with Gasteiger partial charge < -0.3 is 14.5 Å². The molecule has 2 fully saturated rings. The zero-order chi connectivity index (χ0) is 20.2. The summed E-state index contributed by atoms with van der Waals surface area (Å²) in [6.45, 7) is 5.43. The van der Waals surface area contributed by atoms with E-state index in [1.54, 1.807) is 35.5 Å².